The predicted octanol–water partition coefficient (Wildman–Crippen LogP) is 3.75. The van der Waals surface area contributed by atoms with Crippen LogP contribution in [0.25, 0.3) is 0 Å². The van der Waals surface area contributed by atoms with Gasteiger partial charge in [-0.15, -0.1) is 0 Å². The largest absolute Gasteiger partial charge is 0.508 e. The lowest BCUT2D eigenvalue weighted by atomic mass is 10.2. The maximum atomic E-state index is 9.36. The van der Waals surface area contributed by atoms with E-state index in [-0.39, 0.29) is 0 Å². The SMILES string of the molecule is C/C=C(C)/C(O)=C\C=C/CCC. The summed E-state index contributed by atoms with van der Waals surface area (Å²) in [5, 5.41) is 9.36. The Kier molecular flexibility index (Phi) is 6.16. The van der Waals surface area contributed by atoms with Crippen molar-refractivity contribution in [3.8, 4) is 0 Å². The molecule has 12 heavy (non-hydrogen) atoms. The zero-order valence-electron chi connectivity index (χ0n) is 8.17. The number of hydrogen-bond donors (Lipinski definition) is 1. The molecule has 0 aromatic heterocycles. The fraction of sp³-hybridized carbons (Fsp3) is 0.455. The lowest BCUT2D eigenvalue weighted by Gasteiger charge is -1.95. The zero-order chi connectivity index (χ0) is 9.40. The third kappa shape index (κ3) is 4.78. The number of aliphatic hydroxyl groups is 1. The molecule has 0 saturated heterocycles. The van der Waals surface area contributed by atoms with Crippen LogP contribution in [0.5, 0.6) is 0 Å². The molecule has 0 radical (unpaired) electrons. The van der Waals surface area contributed by atoms with Crippen molar-refractivity contribution in [1.29, 1.82) is 0 Å². The minimum Gasteiger partial charge on any atom is -0.508 e. The molecule has 1 N–H and O–H groups in total. The van der Waals surface area contributed by atoms with Crippen molar-refractivity contribution in [2.45, 2.75) is 33.6 Å². The van der Waals surface area contributed by atoms with Crippen LogP contribution in [0.15, 0.2) is 35.6 Å². The van der Waals surface area contributed by atoms with E-state index in [0.717, 1.165) is 18.4 Å². The van der Waals surface area contributed by atoms with Gasteiger partial charge in [0.2, 0.25) is 0 Å². The average Bonchev–Trinajstić information content (AvgIpc) is 2.10. The average molecular weight is 166 g/mol. The Morgan fingerprint density at radius 3 is 2.58 bits per heavy atom. The van der Waals surface area contributed by atoms with E-state index in [9.17, 15) is 5.11 Å². The lowest BCUT2D eigenvalue weighted by Crippen LogP contribution is -1.80. The molecule has 0 heterocycles. The summed E-state index contributed by atoms with van der Waals surface area (Å²) in [5.41, 5.74) is 0.913. The maximum Gasteiger partial charge on any atom is 0.118 e. The quantitative estimate of drug-likeness (QED) is 0.498. The molecule has 0 aliphatic carbocycles. The van der Waals surface area contributed by atoms with Crippen molar-refractivity contribution in [3.63, 3.8) is 0 Å². The fourth-order valence-corrected chi connectivity index (χ4v) is 0.701. The summed E-state index contributed by atoms with van der Waals surface area (Å²) in [6.07, 6.45) is 9.78. The van der Waals surface area contributed by atoms with Gasteiger partial charge < -0.3 is 5.11 Å². The highest BCUT2D eigenvalue weighted by atomic mass is 16.3. The summed E-state index contributed by atoms with van der Waals surface area (Å²) in [5.74, 6) is 0.352. The summed E-state index contributed by atoms with van der Waals surface area (Å²) in [6.45, 7) is 5.93. The maximum absolute atomic E-state index is 9.36. The van der Waals surface area contributed by atoms with Gasteiger partial charge >= 0.3 is 0 Å². The van der Waals surface area contributed by atoms with E-state index < -0.39 is 0 Å². The molecule has 0 aliphatic heterocycles. The van der Waals surface area contributed by atoms with Crippen LogP contribution in [0.1, 0.15) is 33.6 Å². The molecular formula is C11H18O. The highest BCUT2D eigenvalue weighted by molar-refractivity contribution is 5.25. The van der Waals surface area contributed by atoms with Crippen molar-refractivity contribution >= 4 is 0 Å². The van der Waals surface area contributed by atoms with Crippen LogP contribution in [0, 0.1) is 0 Å². The summed E-state index contributed by atoms with van der Waals surface area (Å²) < 4.78 is 0. The van der Waals surface area contributed by atoms with Crippen molar-refractivity contribution in [2.24, 2.45) is 0 Å². The van der Waals surface area contributed by atoms with Gasteiger partial charge in [-0.05, 0) is 31.9 Å². The minimum absolute atomic E-state index is 0.352. The summed E-state index contributed by atoms with van der Waals surface area (Å²) in [6, 6.07) is 0. The van der Waals surface area contributed by atoms with Crippen molar-refractivity contribution < 1.29 is 5.11 Å². The van der Waals surface area contributed by atoms with Gasteiger partial charge in [-0.2, -0.15) is 0 Å². The van der Waals surface area contributed by atoms with Gasteiger partial charge in [0, 0.05) is 0 Å². The van der Waals surface area contributed by atoms with Crippen LogP contribution < -0.4 is 0 Å². The van der Waals surface area contributed by atoms with Crippen LogP contribution in [-0.2, 0) is 0 Å². The summed E-state index contributed by atoms with van der Waals surface area (Å²) in [4.78, 5) is 0. The third-order valence-corrected chi connectivity index (χ3v) is 1.68. The number of hydrogen-bond acceptors (Lipinski definition) is 1. The minimum atomic E-state index is 0.352. The highest BCUT2D eigenvalue weighted by Gasteiger charge is 1.90. The number of unbranched alkanes of at least 4 members (excludes halogenated alkanes) is 1. The Morgan fingerprint density at radius 2 is 2.08 bits per heavy atom. The molecule has 0 fully saturated rings. The Bertz CT molecular complexity index is 197. The van der Waals surface area contributed by atoms with Crippen molar-refractivity contribution in [1.82, 2.24) is 0 Å². The zero-order valence-corrected chi connectivity index (χ0v) is 8.17. The lowest BCUT2D eigenvalue weighted by molar-refractivity contribution is 0.423. The predicted molar refractivity (Wildman–Crippen MR) is 54.2 cm³/mol. The van der Waals surface area contributed by atoms with Crippen LogP contribution in [0.2, 0.25) is 0 Å². The first-order valence-electron chi connectivity index (χ1n) is 4.41. The first-order valence-corrected chi connectivity index (χ1v) is 4.41. The summed E-state index contributed by atoms with van der Waals surface area (Å²) in [7, 11) is 0. The summed E-state index contributed by atoms with van der Waals surface area (Å²) >= 11 is 0. The molecule has 1 nitrogen and oxygen atoms in total. The molecule has 0 amide bonds. The second-order valence-electron chi connectivity index (χ2n) is 2.74. The Labute approximate surface area is 75.1 Å². The molecule has 0 aliphatic rings. The van der Waals surface area contributed by atoms with Crippen LogP contribution in [0.3, 0.4) is 0 Å². The van der Waals surface area contributed by atoms with E-state index >= 15 is 0 Å². The van der Waals surface area contributed by atoms with Crippen molar-refractivity contribution in [3.05, 3.63) is 35.6 Å². The second kappa shape index (κ2) is 6.71. The van der Waals surface area contributed by atoms with Gasteiger partial charge in [-0.3, -0.25) is 0 Å². The van der Waals surface area contributed by atoms with E-state index in [2.05, 4.69) is 13.0 Å². The Morgan fingerprint density at radius 1 is 1.42 bits per heavy atom. The standard InChI is InChI=1S/C11H18O/c1-4-6-7-8-9-11(12)10(3)5-2/h5,7-9,12H,4,6H2,1-3H3/b8-7-,10-5+,11-9+. The Hall–Kier alpha value is -0.980. The molecule has 0 rings (SSSR count). The van der Waals surface area contributed by atoms with E-state index in [0.29, 0.717) is 5.76 Å². The number of aliphatic hydroxyl groups excluding tert-OH is 1. The second-order valence-corrected chi connectivity index (χ2v) is 2.74. The third-order valence-electron chi connectivity index (χ3n) is 1.68. The highest BCUT2D eigenvalue weighted by Crippen LogP contribution is 2.04. The molecule has 68 valence electrons. The molecule has 0 bridgehead atoms. The number of rotatable bonds is 4. The van der Waals surface area contributed by atoms with E-state index in [4.69, 9.17) is 0 Å². The molecule has 0 atom stereocenters. The van der Waals surface area contributed by atoms with Gasteiger partial charge in [-0.25, -0.2) is 0 Å². The van der Waals surface area contributed by atoms with E-state index in [1.807, 2.05) is 26.0 Å². The fourth-order valence-electron chi connectivity index (χ4n) is 0.701. The van der Waals surface area contributed by atoms with Crippen molar-refractivity contribution in [2.75, 3.05) is 0 Å². The molecule has 0 saturated carbocycles. The molecule has 0 spiro atoms. The molecule has 0 unspecified atom stereocenters. The Balaban J connectivity index is 4.00. The van der Waals surface area contributed by atoms with Gasteiger partial charge in [0.1, 0.15) is 5.76 Å². The van der Waals surface area contributed by atoms with Gasteiger partial charge in [-0.1, -0.05) is 31.6 Å². The first kappa shape index (κ1) is 11.0. The normalized spacial score (nSPS) is 14.2. The van der Waals surface area contributed by atoms with E-state index in [1.165, 1.54) is 0 Å². The molecule has 0 aromatic rings. The molecule has 1 heteroatoms. The van der Waals surface area contributed by atoms with Crippen LogP contribution in [-0.4, -0.2) is 5.11 Å². The van der Waals surface area contributed by atoms with Crippen LogP contribution in [0.4, 0.5) is 0 Å². The van der Waals surface area contributed by atoms with Crippen LogP contribution >= 0.6 is 0 Å². The van der Waals surface area contributed by atoms with E-state index in [1.54, 1.807) is 6.08 Å². The molecular weight excluding hydrogens is 148 g/mol. The smallest absolute Gasteiger partial charge is 0.118 e. The number of allylic oxidation sites excluding steroid dienone is 5. The first-order chi connectivity index (χ1) is 5.72. The monoisotopic (exact) mass is 166 g/mol. The van der Waals surface area contributed by atoms with Gasteiger partial charge in [0.05, 0.1) is 0 Å². The molecule has 0 aromatic carbocycles. The topological polar surface area (TPSA) is 20.2 Å². The van der Waals surface area contributed by atoms with Gasteiger partial charge in [0.25, 0.3) is 0 Å². The van der Waals surface area contributed by atoms with Gasteiger partial charge in [0.15, 0.2) is 0 Å².